The van der Waals surface area contributed by atoms with Crippen LogP contribution in [0.25, 0.3) is 6.08 Å². The smallest absolute Gasteiger partial charge is 0.231 e. The molecule has 0 amide bonds. The molecule has 6 rings (SSSR count). The second-order valence-electron chi connectivity index (χ2n) is 9.96. The highest BCUT2D eigenvalue weighted by Gasteiger charge is 2.56. The second kappa shape index (κ2) is 7.03. The van der Waals surface area contributed by atoms with Crippen molar-refractivity contribution in [1.29, 1.82) is 0 Å². The Labute approximate surface area is 183 Å². The Bertz CT molecular complexity index is 1060. The van der Waals surface area contributed by atoms with E-state index >= 15 is 0 Å². The van der Waals surface area contributed by atoms with E-state index in [9.17, 15) is 5.11 Å². The zero-order chi connectivity index (χ0) is 21.2. The summed E-state index contributed by atoms with van der Waals surface area (Å²) >= 11 is 0. The molecule has 5 atom stereocenters. The average Bonchev–Trinajstić information content (AvgIpc) is 3.36. The average molecular weight is 419 g/mol. The maximum atomic E-state index is 11.4. The number of rotatable bonds is 2. The van der Waals surface area contributed by atoms with Crippen molar-refractivity contribution in [3.8, 4) is 17.2 Å². The molecular formula is C27H30O4. The minimum absolute atomic E-state index is 0.0344. The molecule has 0 spiro atoms. The predicted octanol–water partition coefficient (Wildman–Crippen LogP) is 5.33. The third-order valence-electron chi connectivity index (χ3n) is 8.55. The number of methoxy groups -OCH3 is 1. The van der Waals surface area contributed by atoms with Gasteiger partial charge in [-0.25, -0.2) is 0 Å². The van der Waals surface area contributed by atoms with Gasteiger partial charge in [-0.05, 0) is 96.4 Å². The van der Waals surface area contributed by atoms with Crippen molar-refractivity contribution in [2.75, 3.05) is 13.9 Å². The van der Waals surface area contributed by atoms with Crippen LogP contribution in [0.15, 0.2) is 42.0 Å². The zero-order valence-corrected chi connectivity index (χ0v) is 18.3. The van der Waals surface area contributed by atoms with E-state index in [1.807, 2.05) is 12.1 Å². The summed E-state index contributed by atoms with van der Waals surface area (Å²) in [6, 6.07) is 12.7. The van der Waals surface area contributed by atoms with Gasteiger partial charge < -0.3 is 19.3 Å². The van der Waals surface area contributed by atoms with Crippen LogP contribution < -0.4 is 14.2 Å². The van der Waals surface area contributed by atoms with Gasteiger partial charge in [-0.15, -0.1) is 0 Å². The van der Waals surface area contributed by atoms with E-state index in [-0.39, 0.29) is 18.3 Å². The zero-order valence-electron chi connectivity index (χ0n) is 18.3. The molecule has 4 nitrogen and oxygen atoms in total. The van der Waals surface area contributed by atoms with Crippen LogP contribution in [-0.4, -0.2) is 25.1 Å². The largest absolute Gasteiger partial charge is 0.497 e. The van der Waals surface area contributed by atoms with Crippen molar-refractivity contribution in [2.45, 2.75) is 51.0 Å². The Hall–Kier alpha value is -2.46. The fourth-order valence-electron chi connectivity index (χ4n) is 6.90. The Morgan fingerprint density at radius 2 is 1.97 bits per heavy atom. The molecule has 2 saturated carbocycles. The molecule has 162 valence electrons. The first-order chi connectivity index (χ1) is 15.1. The number of aliphatic hydroxyl groups excluding tert-OH is 1. The maximum Gasteiger partial charge on any atom is 0.231 e. The summed E-state index contributed by atoms with van der Waals surface area (Å²) in [7, 11) is 1.74. The molecule has 0 saturated heterocycles. The van der Waals surface area contributed by atoms with Crippen molar-refractivity contribution in [3.63, 3.8) is 0 Å². The van der Waals surface area contributed by atoms with Gasteiger partial charge in [0, 0.05) is 5.41 Å². The van der Waals surface area contributed by atoms with Crippen LogP contribution in [0.3, 0.4) is 0 Å². The molecule has 31 heavy (non-hydrogen) atoms. The number of hydrogen-bond donors (Lipinski definition) is 1. The fraction of sp³-hybridized carbons (Fsp3) is 0.481. The number of benzene rings is 2. The van der Waals surface area contributed by atoms with Gasteiger partial charge in [-0.2, -0.15) is 0 Å². The van der Waals surface area contributed by atoms with E-state index in [1.165, 1.54) is 23.1 Å². The number of ether oxygens (including phenoxy) is 3. The first-order valence-corrected chi connectivity index (χ1v) is 11.5. The molecule has 4 aliphatic rings. The summed E-state index contributed by atoms with van der Waals surface area (Å²) in [5.74, 6) is 4.32. The monoisotopic (exact) mass is 418 g/mol. The fourth-order valence-corrected chi connectivity index (χ4v) is 6.90. The summed E-state index contributed by atoms with van der Waals surface area (Å²) in [5, 5.41) is 11.4. The molecule has 0 bridgehead atoms. The lowest BCUT2D eigenvalue weighted by molar-refractivity contribution is -0.0158. The number of aliphatic hydroxyl groups is 1. The summed E-state index contributed by atoms with van der Waals surface area (Å²) < 4.78 is 16.4. The van der Waals surface area contributed by atoms with Crippen LogP contribution in [0.2, 0.25) is 0 Å². The van der Waals surface area contributed by atoms with E-state index in [4.69, 9.17) is 14.2 Å². The van der Waals surface area contributed by atoms with Crippen molar-refractivity contribution in [1.82, 2.24) is 0 Å². The van der Waals surface area contributed by atoms with Crippen LogP contribution in [0.5, 0.6) is 17.2 Å². The molecule has 0 aromatic heterocycles. The molecule has 3 aliphatic carbocycles. The molecule has 0 radical (unpaired) electrons. The minimum atomic E-state index is -0.374. The van der Waals surface area contributed by atoms with E-state index in [2.05, 4.69) is 37.3 Å². The van der Waals surface area contributed by atoms with Crippen LogP contribution in [0.4, 0.5) is 0 Å². The van der Waals surface area contributed by atoms with Crippen LogP contribution in [0.1, 0.15) is 55.2 Å². The van der Waals surface area contributed by atoms with E-state index in [0.717, 1.165) is 48.5 Å². The Morgan fingerprint density at radius 3 is 2.84 bits per heavy atom. The van der Waals surface area contributed by atoms with Gasteiger partial charge in [-0.1, -0.05) is 25.1 Å². The topological polar surface area (TPSA) is 47.9 Å². The Balaban J connectivity index is 1.31. The summed E-state index contributed by atoms with van der Waals surface area (Å²) in [5.41, 5.74) is 5.19. The summed E-state index contributed by atoms with van der Waals surface area (Å²) in [6.45, 7) is 2.61. The third kappa shape index (κ3) is 2.91. The van der Waals surface area contributed by atoms with Gasteiger partial charge in [0.05, 0.1) is 13.2 Å². The Kier molecular flexibility index (Phi) is 4.36. The van der Waals surface area contributed by atoms with Crippen molar-refractivity contribution in [3.05, 3.63) is 58.7 Å². The lowest BCUT2D eigenvalue weighted by Gasteiger charge is -2.49. The second-order valence-corrected chi connectivity index (χ2v) is 9.96. The quantitative estimate of drug-likeness (QED) is 0.716. The molecule has 1 aliphatic heterocycles. The molecule has 4 heteroatoms. The standard InChI is InChI=1S/C27H30O4/c1-27-10-9-21-20-7-5-19(29-2)13-17(20)4-6-22(21)23(27)14-18(26(27)28)11-16-3-8-24-25(12-16)31-15-30-24/h3,5,7-8,11-13,21-23,26,28H,4,6,9-10,14-15H2,1-2H3/b18-11+/t21-,22-,23+,26+,27+/m1/s1. The number of fused-ring (bicyclic) bond motifs is 6. The molecule has 2 fully saturated rings. The Morgan fingerprint density at radius 1 is 1.10 bits per heavy atom. The molecule has 2 aromatic rings. The maximum absolute atomic E-state index is 11.4. The van der Waals surface area contributed by atoms with Gasteiger partial charge in [-0.3, -0.25) is 0 Å². The third-order valence-corrected chi connectivity index (χ3v) is 8.55. The first kappa shape index (κ1) is 19.2. The number of aryl methyl sites for hydroxylation is 1. The molecular weight excluding hydrogens is 388 g/mol. The van der Waals surface area contributed by atoms with Crippen LogP contribution in [0, 0.1) is 17.3 Å². The molecule has 0 unspecified atom stereocenters. The van der Waals surface area contributed by atoms with E-state index < -0.39 is 0 Å². The SMILES string of the molecule is COc1ccc2c(c1)CC[C@@H]1[C@@H]2CC[C@]2(C)[C@@H](O)/C(=C/c3ccc4c(c3)OCO4)C[C@@H]12. The van der Waals surface area contributed by atoms with Gasteiger partial charge in [0.2, 0.25) is 6.79 Å². The van der Waals surface area contributed by atoms with Gasteiger partial charge in [0.15, 0.2) is 11.5 Å². The van der Waals surface area contributed by atoms with Crippen molar-refractivity contribution < 1.29 is 19.3 Å². The molecule has 1 heterocycles. The van der Waals surface area contributed by atoms with Gasteiger partial charge in [0.25, 0.3) is 0 Å². The summed E-state index contributed by atoms with van der Waals surface area (Å²) in [4.78, 5) is 0. The van der Waals surface area contributed by atoms with Crippen LogP contribution in [-0.2, 0) is 6.42 Å². The van der Waals surface area contributed by atoms with Gasteiger partial charge >= 0.3 is 0 Å². The highest BCUT2D eigenvalue weighted by atomic mass is 16.7. The van der Waals surface area contributed by atoms with E-state index in [0.29, 0.717) is 17.8 Å². The minimum Gasteiger partial charge on any atom is -0.497 e. The highest BCUT2D eigenvalue weighted by Crippen LogP contribution is 2.62. The first-order valence-electron chi connectivity index (χ1n) is 11.5. The van der Waals surface area contributed by atoms with Crippen molar-refractivity contribution in [2.24, 2.45) is 17.3 Å². The molecule has 1 N–H and O–H groups in total. The normalized spacial score (nSPS) is 34.2. The molecule has 2 aromatic carbocycles. The number of hydrogen-bond acceptors (Lipinski definition) is 4. The lowest BCUT2D eigenvalue weighted by atomic mass is 9.55. The van der Waals surface area contributed by atoms with Crippen molar-refractivity contribution >= 4 is 6.08 Å². The van der Waals surface area contributed by atoms with Crippen LogP contribution >= 0.6 is 0 Å². The van der Waals surface area contributed by atoms with Gasteiger partial charge in [0.1, 0.15) is 5.75 Å². The lowest BCUT2D eigenvalue weighted by Crippen LogP contribution is -2.44. The predicted molar refractivity (Wildman–Crippen MR) is 120 cm³/mol. The highest BCUT2D eigenvalue weighted by molar-refractivity contribution is 5.60. The van der Waals surface area contributed by atoms with E-state index in [1.54, 1.807) is 7.11 Å². The summed E-state index contributed by atoms with van der Waals surface area (Å²) in [6.07, 6.45) is 7.34.